The molecule has 0 amide bonds. The molecule has 0 aromatic heterocycles. The lowest BCUT2D eigenvalue weighted by Crippen LogP contribution is -2.44. The van der Waals surface area contributed by atoms with Crippen LogP contribution in [0.3, 0.4) is 0 Å². The predicted octanol–water partition coefficient (Wildman–Crippen LogP) is 26.4. The van der Waals surface area contributed by atoms with Gasteiger partial charge in [-0.15, -0.1) is 0 Å². The summed E-state index contributed by atoms with van der Waals surface area (Å²) >= 11 is 0. The summed E-state index contributed by atoms with van der Waals surface area (Å²) in [5.74, 6) is -2.26. The smallest absolute Gasteiger partial charge is 0.306 e. The fraction of sp³-hybridized carbons (Fsp3) is 0.811. The number of quaternary nitrogens is 1. The van der Waals surface area contributed by atoms with Gasteiger partial charge in [0.15, 0.2) is 12.4 Å². The Hall–Kier alpha value is -3.53. The first-order chi connectivity index (χ1) is 48.6. The molecular formula is C90H163NO8. The molecule has 0 aromatic rings. The van der Waals surface area contributed by atoms with Crippen LogP contribution in [0.25, 0.3) is 0 Å². The summed E-state index contributed by atoms with van der Waals surface area (Å²) in [5, 5.41) is 11.9. The molecule has 0 fully saturated rings. The number of allylic oxidation sites excluding steroid dienone is 14. The first kappa shape index (κ1) is 95.5. The van der Waals surface area contributed by atoms with Gasteiger partial charge in [-0.1, -0.05) is 394 Å². The highest BCUT2D eigenvalue weighted by Crippen LogP contribution is 2.20. The van der Waals surface area contributed by atoms with Crippen molar-refractivity contribution in [2.75, 3.05) is 47.5 Å². The molecule has 99 heavy (non-hydrogen) atoms. The molecule has 0 aliphatic rings. The Balaban J connectivity index is 3.93. The molecule has 0 heterocycles. The normalized spacial score (nSPS) is 13.0. The second kappa shape index (κ2) is 80.2. The van der Waals surface area contributed by atoms with Gasteiger partial charge < -0.3 is 33.3 Å². The molecule has 576 valence electrons. The molecule has 2 unspecified atom stereocenters. The molecule has 9 heteroatoms. The number of rotatable bonds is 80. The minimum absolute atomic E-state index is 0.148. The second-order valence-corrected chi connectivity index (χ2v) is 30.1. The lowest BCUT2D eigenvalue weighted by Gasteiger charge is -2.26. The van der Waals surface area contributed by atoms with Crippen molar-refractivity contribution in [1.29, 1.82) is 0 Å². The lowest BCUT2D eigenvalue weighted by molar-refractivity contribution is -0.870. The van der Waals surface area contributed by atoms with E-state index in [1.807, 2.05) is 21.1 Å². The van der Waals surface area contributed by atoms with E-state index in [1.165, 1.54) is 308 Å². The van der Waals surface area contributed by atoms with Crippen molar-refractivity contribution in [3.8, 4) is 0 Å². The second-order valence-electron chi connectivity index (χ2n) is 30.1. The predicted molar refractivity (Wildman–Crippen MR) is 426 cm³/mol. The maximum Gasteiger partial charge on any atom is 0.306 e. The fourth-order valence-corrected chi connectivity index (χ4v) is 12.7. The number of carboxylic acids is 1. The van der Waals surface area contributed by atoms with E-state index in [0.717, 1.165) is 70.6 Å². The summed E-state index contributed by atoms with van der Waals surface area (Å²) in [4.78, 5) is 37.7. The van der Waals surface area contributed by atoms with Gasteiger partial charge in [0.2, 0.25) is 0 Å². The maximum atomic E-state index is 13.0. The maximum absolute atomic E-state index is 13.0. The van der Waals surface area contributed by atoms with Gasteiger partial charge in [0, 0.05) is 12.8 Å². The van der Waals surface area contributed by atoms with Crippen molar-refractivity contribution in [2.45, 2.75) is 424 Å². The molecule has 0 saturated heterocycles. The van der Waals surface area contributed by atoms with Crippen LogP contribution in [0.1, 0.15) is 412 Å². The Morgan fingerprint density at radius 1 is 0.313 bits per heavy atom. The Labute approximate surface area is 614 Å². The highest BCUT2D eigenvalue weighted by atomic mass is 16.7. The summed E-state index contributed by atoms with van der Waals surface area (Å²) in [6, 6.07) is 0. The van der Waals surface area contributed by atoms with Crippen LogP contribution in [-0.2, 0) is 33.3 Å². The zero-order valence-corrected chi connectivity index (χ0v) is 66.1. The van der Waals surface area contributed by atoms with E-state index in [9.17, 15) is 19.5 Å². The van der Waals surface area contributed by atoms with Crippen molar-refractivity contribution in [1.82, 2.24) is 0 Å². The van der Waals surface area contributed by atoms with E-state index in [-0.39, 0.29) is 32.2 Å². The highest BCUT2D eigenvalue weighted by molar-refractivity contribution is 5.70. The van der Waals surface area contributed by atoms with E-state index in [4.69, 9.17) is 18.9 Å². The first-order valence-electron chi connectivity index (χ1n) is 42.7. The third kappa shape index (κ3) is 81.6. The third-order valence-electron chi connectivity index (χ3n) is 19.1. The number of ether oxygens (including phenoxy) is 4. The lowest BCUT2D eigenvalue weighted by atomic mass is 10.0. The van der Waals surface area contributed by atoms with Gasteiger partial charge in [0.1, 0.15) is 13.2 Å². The number of carbonyl (C=O) groups is 3. The van der Waals surface area contributed by atoms with Gasteiger partial charge in [-0.2, -0.15) is 0 Å². The van der Waals surface area contributed by atoms with Crippen molar-refractivity contribution in [3.05, 3.63) is 85.1 Å². The molecule has 0 bridgehead atoms. The van der Waals surface area contributed by atoms with E-state index in [0.29, 0.717) is 23.9 Å². The van der Waals surface area contributed by atoms with Crippen LogP contribution in [0.5, 0.6) is 0 Å². The van der Waals surface area contributed by atoms with Crippen LogP contribution in [0, 0.1) is 0 Å². The molecule has 0 N–H and O–H groups in total. The third-order valence-corrected chi connectivity index (χ3v) is 19.1. The fourth-order valence-electron chi connectivity index (χ4n) is 12.7. The number of carboxylic acid groups (broad SMARTS) is 1. The minimum atomic E-state index is -1.62. The first-order valence-corrected chi connectivity index (χ1v) is 42.7. The standard InChI is InChI=1S/C90H163NO8/c1-6-8-10-12-14-16-18-20-22-24-26-28-30-32-34-36-38-40-41-42-43-44-45-46-47-49-50-52-54-56-58-60-62-64-66-68-70-72-74-76-78-80-87(92)97-84-86(85-98-90(89(94)95)96-83-82-91(3,4)5)99-88(93)81-79-77-75-73-71-69-67-65-63-61-59-57-55-53-51-48-39-37-35-33-31-29-27-25-23-21-19-17-15-13-11-9-7-2/h9,11,15,17-18,20-21,23-24,26-27,29,33,35,86,90H,6-8,10,12-14,16,19,22,25,28,30-32,34,36-85H2,1-5H3/b11-9-,17-15-,20-18-,23-21-,26-24-,29-27-,35-33-. The van der Waals surface area contributed by atoms with Crippen molar-refractivity contribution >= 4 is 17.9 Å². The summed E-state index contributed by atoms with van der Waals surface area (Å²) in [6.07, 6.45) is 107. The molecule has 9 nitrogen and oxygen atoms in total. The van der Waals surface area contributed by atoms with Gasteiger partial charge in [-0.05, 0) is 89.9 Å². The van der Waals surface area contributed by atoms with Crippen molar-refractivity contribution < 1.29 is 42.9 Å². The zero-order chi connectivity index (χ0) is 71.8. The van der Waals surface area contributed by atoms with Crippen LogP contribution in [0.2, 0.25) is 0 Å². The molecule has 0 aliphatic carbocycles. The van der Waals surface area contributed by atoms with Gasteiger partial charge >= 0.3 is 11.9 Å². The van der Waals surface area contributed by atoms with Crippen LogP contribution < -0.4 is 5.11 Å². The number of hydrogen-bond acceptors (Lipinski definition) is 8. The summed E-state index contributed by atoms with van der Waals surface area (Å²) in [5.41, 5.74) is 0. The molecular weight excluding hydrogens is 1220 g/mol. The summed E-state index contributed by atoms with van der Waals surface area (Å²) in [6.45, 7) is 4.69. The van der Waals surface area contributed by atoms with Gasteiger partial charge in [0.25, 0.3) is 0 Å². The number of carbonyl (C=O) groups excluding carboxylic acids is 3. The van der Waals surface area contributed by atoms with Crippen LogP contribution in [0.4, 0.5) is 0 Å². The Kier molecular flexibility index (Phi) is 77.3. The van der Waals surface area contributed by atoms with Gasteiger partial charge in [-0.25, -0.2) is 0 Å². The quantitative estimate of drug-likeness (QED) is 0.0195. The van der Waals surface area contributed by atoms with E-state index >= 15 is 0 Å². The molecule has 0 aliphatic heterocycles. The highest BCUT2D eigenvalue weighted by Gasteiger charge is 2.22. The molecule has 0 spiro atoms. The van der Waals surface area contributed by atoms with Crippen LogP contribution in [0.15, 0.2) is 85.1 Å². The van der Waals surface area contributed by atoms with E-state index in [1.54, 1.807) is 0 Å². The summed E-state index contributed by atoms with van der Waals surface area (Å²) in [7, 11) is 5.95. The Bertz CT molecular complexity index is 1910. The van der Waals surface area contributed by atoms with Gasteiger partial charge in [0.05, 0.1) is 40.3 Å². The van der Waals surface area contributed by atoms with Crippen molar-refractivity contribution in [3.63, 3.8) is 0 Å². The van der Waals surface area contributed by atoms with Crippen LogP contribution >= 0.6 is 0 Å². The Morgan fingerprint density at radius 3 is 0.859 bits per heavy atom. The monoisotopic (exact) mass is 1390 g/mol. The molecule has 2 atom stereocenters. The topological polar surface area (TPSA) is 111 Å². The Morgan fingerprint density at radius 2 is 0.576 bits per heavy atom. The molecule has 0 saturated carbocycles. The SMILES string of the molecule is CC/C=C\C/C=C\C/C=C\C/C=C\C/C=C\CCCCCCCCCCCCCCCCCCCC(=O)OC(COC(=O)CCCCCCCCCCCCCCCCCCCCCCCCCCCCCCC/C=C\C/C=C\CCCCCCC)COC(OCC[N+](C)(C)C)C(=O)[O-]. The molecule has 0 aromatic carbocycles. The average Bonchev–Trinajstić information content (AvgIpc) is 1.57. The number of unbranched alkanes of at least 4 members (excludes halogenated alkanes) is 51. The number of aliphatic carboxylic acids is 1. The van der Waals surface area contributed by atoms with Gasteiger partial charge in [-0.3, -0.25) is 9.59 Å². The van der Waals surface area contributed by atoms with Crippen molar-refractivity contribution in [2.24, 2.45) is 0 Å². The largest absolute Gasteiger partial charge is 0.545 e. The molecule has 0 rings (SSSR count). The number of hydrogen-bond donors (Lipinski definition) is 0. The minimum Gasteiger partial charge on any atom is -0.545 e. The molecule has 0 radical (unpaired) electrons. The zero-order valence-electron chi connectivity index (χ0n) is 66.1. The van der Waals surface area contributed by atoms with E-state index in [2.05, 4.69) is 98.9 Å². The van der Waals surface area contributed by atoms with E-state index < -0.39 is 24.3 Å². The summed E-state index contributed by atoms with van der Waals surface area (Å²) < 4.78 is 22.9. The average molecular weight is 1390 g/mol. The number of nitrogens with zero attached hydrogens (tertiary/aromatic N) is 1. The number of esters is 2. The number of likely N-dealkylation sites (N-methyl/N-ethyl adjacent to an activating group) is 1. The van der Waals surface area contributed by atoms with Crippen LogP contribution in [-0.4, -0.2) is 82.3 Å².